The molecule has 2 aromatic carbocycles. The molecule has 3 aliphatic rings. The Hall–Kier alpha value is -4.58. The number of carbonyl (C=O) groups is 3. The third-order valence-electron chi connectivity index (χ3n) is 8.73. The number of nitrogens with zero attached hydrogens (tertiary/aromatic N) is 3. The van der Waals surface area contributed by atoms with E-state index in [0.29, 0.717) is 49.1 Å². The normalized spacial score (nSPS) is 17.9. The number of urea groups is 1. The number of pyridine rings is 1. The van der Waals surface area contributed by atoms with Crippen LogP contribution in [-0.2, 0) is 9.59 Å². The van der Waals surface area contributed by atoms with Gasteiger partial charge in [-0.2, -0.15) is 0 Å². The fraction of sp³-hybridized carbons (Fsp3) is 0.394. The number of nitrogens with one attached hydrogen (secondary N) is 3. The predicted molar refractivity (Wildman–Crippen MR) is 165 cm³/mol. The molecule has 3 heterocycles. The Kier molecular flexibility index (Phi) is 8.92. The molecule has 10 nitrogen and oxygen atoms in total. The Morgan fingerprint density at radius 2 is 1.53 bits per heavy atom. The number of benzene rings is 2. The van der Waals surface area contributed by atoms with Crippen LogP contribution >= 0.6 is 0 Å². The molecule has 0 radical (unpaired) electrons. The van der Waals surface area contributed by atoms with Crippen LogP contribution < -0.4 is 20.7 Å². The molecule has 0 atom stereocenters. The van der Waals surface area contributed by atoms with Crippen LogP contribution in [0.5, 0.6) is 11.5 Å². The van der Waals surface area contributed by atoms with Crippen LogP contribution in [0.15, 0.2) is 60.8 Å². The number of likely N-dealkylation sites (tertiary alicyclic amines) is 2. The lowest BCUT2D eigenvalue weighted by Crippen LogP contribution is -2.43. The molecule has 6 rings (SSSR count). The zero-order valence-corrected chi connectivity index (χ0v) is 24.9. The van der Waals surface area contributed by atoms with Gasteiger partial charge in [-0.3, -0.25) is 14.9 Å². The Balaban J connectivity index is 1.00. The number of halogens is 2. The minimum Gasteiger partial charge on any atom is -0.457 e. The third-order valence-corrected chi connectivity index (χ3v) is 8.73. The summed E-state index contributed by atoms with van der Waals surface area (Å²) in [5.74, 6) is -0.904. The maximum Gasteiger partial charge on any atom is 0.323 e. The van der Waals surface area contributed by atoms with Gasteiger partial charge in [0, 0.05) is 43.7 Å². The second-order valence-corrected chi connectivity index (χ2v) is 12.0. The number of rotatable bonds is 9. The van der Waals surface area contributed by atoms with Crippen molar-refractivity contribution in [3.05, 3.63) is 72.4 Å². The fourth-order valence-electron chi connectivity index (χ4n) is 5.89. The number of ether oxygens (including phenoxy) is 1. The Bertz CT molecular complexity index is 1550. The molecule has 2 aliphatic heterocycles. The molecule has 4 amide bonds. The molecule has 1 aromatic heterocycles. The standard InChI is InChI=1S/C33H36F2N6O4/c34-23-3-5-24(6-4-23)37-30(42)33(12-13-33)31(43)38-28-8-7-25(19-27(28)35)45-26-9-14-36-29(20-26)39-32(44)41-17-10-22(11-18-41)21-40-15-1-2-16-40/h3-9,14,19-20,22H,1-2,10-13,15-18,21H2,(H,37,42)(H,38,43)(H,36,39,44). The van der Waals surface area contributed by atoms with Crippen molar-refractivity contribution in [2.24, 2.45) is 11.3 Å². The van der Waals surface area contributed by atoms with E-state index in [2.05, 4.69) is 25.8 Å². The van der Waals surface area contributed by atoms with Crippen molar-refractivity contribution in [2.75, 3.05) is 48.7 Å². The second-order valence-electron chi connectivity index (χ2n) is 12.0. The van der Waals surface area contributed by atoms with Gasteiger partial charge in [0.1, 0.15) is 34.4 Å². The first kappa shape index (κ1) is 30.4. The molecule has 45 heavy (non-hydrogen) atoms. The highest BCUT2D eigenvalue weighted by Crippen LogP contribution is 2.47. The van der Waals surface area contributed by atoms with Gasteiger partial charge in [-0.15, -0.1) is 0 Å². The maximum absolute atomic E-state index is 15.0. The molecular weight excluding hydrogens is 582 g/mol. The molecule has 236 valence electrons. The van der Waals surface area contributed by atoms with Crippen LogP contribution in [0.1, 0.15) is 38.5 Å². The van der Waals surface area contributed by atoms with E-state index < -0.39 is 28.9 Å². The summed E-state index contributed by atoms with van der Waals surface area (Å²) in [6.07, 6.45) is 6.63. The first-order valence-corrected chi connectivity index (χ1v) is 15.4. The van der Waals surface area contributed by atoms with E-state index in [1.165, 1.54) is 68.5 Å². The molecule has 0 unspecified atom stereocenters. The minimum atomic E-state index is -1.32. The third kappa shape index (κ3) is 7.39. The van der Waals surface area contributed by atoms with Crippen molar-refractivity contribution in [1.29, 1.82) is 0 Å². The summed E-state index contributed by atoms with van der Waals surface area (Å²) in [5.41, 5.74) is -1.06. The molecule has 12 heteroatoms. The number of amides is 4. The zero-order valence-electron chi connectivity index (χ0n) is 24.9. The lowest BCUT2D eigenvalue weighted by atomic mass is 9.96. The number of hydrogen-bond acceptors (Lipinski definition) is 6. The van der Waals surface area contributed by atoms with Gasteiger partial charge < -0.3 is 25.2 Å². The van der Waals surface area contributed by atoms with Gasteiger partial charge in [-0.25, -0.2) is 18.6 Å². The summed E-state index contributed by atoms with van der Waals surface area (Å²) in [5, 5.41) is 7.96. The Labute approximate surface area is 260 Å². The summed E-state index contributed by atoms with van der Waals surface area (Å²) in [4.78, 5) is 47.2. The Morgan fingerprint density at radius 3 is 2.22 bits per heavy atom. The van der Waals surface area contributed by atoms with Crippen LogP contribution in [0.2, 0.25) is 0 Å². The van der Waals surface area contributed by atoms with Gasteiger partial charge in [0.2, 0.25) is 11.8 Å². The van der Waals surface area contributed by atoms with E-state index in [1.807, 2.05) is 0 Å². The van der Waals surface area contributed by atoms with Gasteiger partial charge in [-0.1, -0.05) is 0 Å². The zero-order chi connectivity index (χ0) is 31.4. The number of carbonyl (C=O) groups excluding carboxylic acids is 3. The van der Waals surface area contributed by atoms with E-state index in [1.54, 1.807) is 17.0 Å². The smallest absolute Gasteiger partial charge is 0.323 e. The largest absolute Gasteiger partial charge is 0.457 e. The average molecular weight is 619 g/mol. The van der Waals surface area contributed by atoms with Crippen molar-refractivity contribution in [1.82, 2.24) is 14.8 Å². The number of aromatic nitrogens is 1. The predicted octanol–water partition coefficient (Wildman–Crippen LogP) is 5.85. The minimum absolute atomic E-state index is 0.0971. The van der Waals surface area contributed by atoms with E-state index in [0.717, 1.165) is 25.5 Å². The van der Waals surface area contributed by atoms with Gasteiger partial charge >= 0.3 is 6.03 Å². The number of piperidine rings is 1. The molecule has 0 spiro atoms. The van der Waals surface area contributed by atoms with Crippen molar-refractivity contribution >= 4 is 35.0 Å². The quantitative estimate of drug-likeness (QED) is 0.259. The van der Waals surface area contributed by atoms with E-state index in [4.69, 9.17) is 4.74 Å². The molecule has 1 saturated carbocycles. The number of anilines is 3. The van der Waals surface area contributed by atoms with Crippen LogP contribution in [0.4, 0.5) is 30.8 Å². The van der Waals surface area contributed by atoms with Gasteiger partial charge in [-0.05, 0) is 100.0 Å². The Morgan fingerprint density at radius 1 is 0.844 bits per heavy atom. The molecule has 3 fully saturated rings. The van der Waals surface area contributed by atoms with Crippen LogP contribution in [0, 0.1) is 23.0 Å². The van der Waals surface area contributed by atoms with Crippen LogP contribution in [-0.4, -0.2) is 65.4 Å². The second kappa shape index (κ2) is 13.2. The van der Waals surface area contributed by atoms with Crippen molar-refractivity contribution in [2.45, 2.75) is 38.5 Å². The molecular formula is C33H36F2N6O4. The monoisotopic (exact) mass is 618 g/mol. The number of hydrogen-bond donors (Lipinski definition) is 3. The summed E-state index contributed by atoms with van der Waals surface area (Å²) in [7, 11) is 0. The summed E-state index contributed by atoms with van der Waals surface area (Å²) in [6.45, 7) is 4.87. The van der Waals surface area contributed by atoms with Gasteiger partial charge in [0.25, 0.3) is 0 Å². The highest BCUT2D eigenvalue weighted by atomic mass is 19.1. The first-order chi connectivity index (χ1) is 21.8. The van der Waals surface area contributed by atoms with Crippen LogP contribution in [0.25, 0.3) is 0 Å². The topological polar surface area (TPSA) is 116 Å². The van der Waals surface area contributed by atoms with E-state index in [-0.39, 0.29) is 17.5 Å². The molecule has 3 N–H and O–H groups in total. The highest BCUT2D eigenvalue weighted by molar-refractivity contribution is 6.16. The van der Waals surface area contributed by atoms with Crippen molar-refractivity contribution < 1.29 is 27.9 Å². The van der Waals surface area contributed by atoms with E-state index in [9.17, 15) is 23.2 Å². The average Bonchev–Trinajstić information content (AvgIpc) is 3.70. The summed E-state index contributed by atoms with van der Waals surface area (Å²) >= 11 is 0. The van der Waals surface area contributed by atoms with Crippen molar-refractivity contribution in [3.8, 4) is 11.5 Å². The highest BCUT2D eigenvalue weighted by Gasteiger charge is 2.56. The SMILES string of the molecule is O=C(Nc1cc(Oc2ccc(NC(=O)C3(C(=O)Nc4ccc(F)cc4)CC3)c(F)c2)ccn1)N1CCC(CN2CCCC2)CC1. The maximum atomic E-state index is 15.0. The van der Waals surface area contributed by atoms with Crippen molar-refractivity contribution in [3.63, 3.8) is 0 Å². The molecule has 0 bridgehead atoms. The molecule has 1 aliphatic carbocycles. The lowest BCUT2D eigenvalue weighted by Gasteiger charge is -2.33. The summed E-state index contributed by atoms with van der Waals surface area (Å²) in [6, 6.07) is 12.1. The summed E-state index contributed by atoms with van der Waals surface area (Å²) < 4.78 is 34.0. The van der Waals surface area contributed by atoms with Crippen LogP contribution in [0.3, 0.4) is 0 Å². The van der Waals surface area contributed by atoms with Gasteiger partial charge in [0.05, 0.1) is 5.69 Å². The molecule has 3 aromatic rings. The van der Waals surface area contributed by atoms with E-state index >= 15 is 0 Å². The van der Waals surface area contributed by atoms with Gasteiger partial charge in [0.15, 0.2) is 0 Å². The molecule has 2 saturated heterocycles. The first-order valence-electron chi connectivity index (χ1n) is 15.4. The lowest BCUT2D eigenvalue weighted by molar-refractivity contribution is -0.131. The fourth-order valence-corrected chi connectivity index (χ4v) is 5.89.